The zero-order valence-corrected chi connectivity index (χ0v) is 10.9. The van der Waals surface area contributed by atoms with E-state index in [0.717, 1.165) is 10.5 Å². The predicted molar refractivity (Wildman–Crippen MR) is 69.2 cm³/mol. The summed E-state index contributed by atoms with van der Waals surface area (Å²) in [5.74, 6) is -0.696. The number of carboxylic acid groups (broad SMARTS) is 1. The molecular weight excluding hydrogens is 264 g/mol. The molecule has 0 aromatic heterocycles. The average Bonchev–Trinajstić information content (AvgIpc) is 2.65. The fraction of sp³-hybridized carbons (Fsp3) is 0.385. The first-order chi connectivity index (χ1) is 9.40. The number of amides is 2. The van der Waals surface area contributed by atoms with Gasteiger partial charge in [-0.25, -0.2) is 9.69 Å². The molecule has 1 heterocycles. The summed E-state index contributed by atoms with van der Waals surface area (Å²) < 4.78 is 0. The molecule has 0 aliphatic carbocycles. The van der Waals surface area contributed by atoms with Crippen LogP contribution >= 0.6 is 0 Å². The van der Waals surface area contributed by atoms with Crippen molar-refractivity contribution < 1.29 is 19.6 Å². The molecule has 1 aromatic rings. The Balaban J connectivity index is 2.14. The van der Waals surface area contributed by atoms with Gasteiger partial charge in [0.25, 0.3) is 5.69 Å². The van der Waals surface area contributed by atoms with Crippen molar-refractivity contribution in [1.29, 1.82) is 0 Å². The first kappa shape index (κ1) is 14.0. The normalized spacial score (nSPS) is 22.1. The van der Waals surface area contributed by atoms with Crippen molar-refractivity contribution in [3.05, 3.63) is 39.9 Å². The lowest BCUT2D eigenvalue weighted by Gasteiger charge is -2.19. The van der Waals surface area contributed by atoms with E-state index in [9.17, 15) is 19.7 Å². The van der Waals surface area contributed by atoms with Gasteiger partial charge in [-0.05, 0) is 18.4 Å². The van der Waals surface area contributed by atoms with Gasteiger partial charge in [0.1, 0.15) is 0 Å². The van der Waals surface area contributed by atoms with Gasteiger partial charge < -0.3 is 5.11 Å². The van der Waals surface area contributed by atoms with E-state index in [1.54, 1.807) is 19.1 Å². The number of likely N-dealkylation sites (tertiary alicyclic amines) is 1. The van der Waals surface area contributed by atoms with E-state index in [-0.39, 0.29) is 17.5 Å². The molecule has 2 amide bonds. The number of hydrogen-bond acceptors (Lipinski definition) is 4. The summed E-state index contributed by atoms with van der Waals surface area (Å²) in [5, 5.41) is 19.6. The molecule has 2 rings (SSSR count). The lowest BCUT2D eigenvalue weighted by atomic mass is 10.0. The third kappa shape index (κ3) is 2.61. The summed E-state index contributed by atoms with van der Waals surface area (Å²) in [6.45, 7) is 1.70. The summed E-state index contributed by atoms with van der Waals surface area (Å²) in [6.07, 6.45) is -0.395. The van der Waals surface area contributed by atoms with Crippen LogP contribution in [0.2, 0.25) is 0 Å². The van der Waals surface area contributed by atoms with E-state index >= 15 is 0 Å². The van der Waals surface area contributed by atoms with Crippen molar-refractivity contribution in [2.75, 3.05) is 0 Å². The quantitative estimate of drug-likeness (QED) is 0.673. The standard InChI is InChI=1S/C13H14N2O5/c1-8-6-11(14(12(8)16)13(17)18)7-9-2-4-10(5-3-9)15(19)20/h2-5,8,11H,6-7H2,1H3,(H,17,18)/t8?,11-/m1/s1. The van der Waals surface area contributed by atoms with Gasteiger partial charge in [-0.1, -0.05) is 19.1 Å². The Morgan fingerprint density at radius 3 is 2.55 bits per heavy atom. The van der Waals surface area contributed by atoms with E-state index < -0.39 is 17.1 Å². The number of nitro groups is 1. The van der Waals surface area contributed by atoms with E-state index in [1.165, 1.54) is 12.1 Å². The highest BCUT2D eigenvalue weighted by atomic mass is 16.6. The van der Waals surface area contributed by atoms with Crippen LogP contribution in [0.5, 0.6) is 0 Å². The van der Waals surface area contributed by atoms with Crippen molar-refractivity contribution in [3.8, 4) is 0 Å². The molecule has 20 heavy (non-hydrogen) atoms. The molecule has 1 unspecified atom stereocenters. The molecule has 0 radical (unpaired) electrons. The molecule has 1 aliphatic rings. The number of imide groups is 1. The molecule has 1 N–H and O–H groups in total. The Morgan fingerprint density at radius 2 is 2.05 bits per heavy atom. The summed E-state index contributed by atoms with van der Waals surface area (Å²) in [4.78, 5) is 33.8. The molecule has 106 valence electrons. The number of benzene rings is 1. The van der Waals surface area contributed by atoms with Crippen LogP contribution in [-0.2, 0) is 11.2 Å². The lowest BCUT2D eigenvalue weighted by Crippen LogP contribution is -2.39. The zero-order chi connectivity index (χ0) is 14.9. The number of rotatable bonds is 3. The van der Waals surface area contributed by atoms with Gasteiger partial charge in [0.05, 0.1) is 4.92 Å². The molecule has 1 saturated heterocycles. The Kier molecular flexibility index (Phi) is 3.69. The molecule has 2 atom stereocenters. The van der Waals surface area contributed by atoms with Gasteiger partial charge in [0, 0.05) is 24.1 Å². The van der Waals surface area contributed by atoms with E-state index in [2.05, 4.69) is 0 Å². The molecule has 1 aromatic carbocycles. The SMILES string of the molecule is CC1C[C@H](Cc2ccc([N+](=O)[O-])cc2)N(C(=O)O)C1=O. The topological polar surface area (TPSA) is 101 Å². The smallest absolute Gasteiger partial charge is 0.414 e. The fourth-order valence-electron chi connectivity index (χ4n) is 2.48. The molecule has 0 saturated carbocycles. The summed E-state index contributed by atoms with van der Waals surface area (Å²) >= 11 is 0. The Labute approximate surface area is 115 Å². The van der Waals surface area contributed by atoms with Crippen molar-refractivity contribution >= 4 is 17.7 Å². The Bertz CT molecular complexity index is 554. The minimum Gasteiger partial charge on any atom is -0.465 e. The molecule has 7 nitrogen and oxygen atoms in total. The second-order valence-electron chi connectivity index (χ2n) is 4.91. The first-order valence-corrected chi connectivity index (χ1v) is 6.19. The third-order valence-corrected chi connectivity index (χ3v) is 3.47. The van der Waals surface area contributed by atoms with Gasteiger partial charge in [0.15, 0.2) is 0 Å². The van der Waals surface area contributed by atoms with Crippen LogP contribution in [0.15, 0.2) is 24.3 Å². The highest BCUT2D eigenvalue weighted by Crippen LogP contribution is 2.27. The summed E-state index contributed by atoms with van der Waals surface area (Å²) in [6, 6.07) is 5.52. The molecule has 1 aliphatic heterocycles. The Morgan fingerprint density at radius 1 is 1.45 bits per heavy atom. The number of non-ortho nitro benzene ring substituents is 1. The monoisotopic (exact) mass is 278 g/mol. The maximum absolute atomic E-state index is 11.7. The van der Waals surface area contributed by atoms with Crippen molar-refractivity contribution in [2.24, 2.45) is 5.92 Å². The van der Waals surface area contributed by atoms with Gasteiger partial charge in [0.2, 0.25) is 5.91 Å². The van der Waals surface area contributed by atoms with Crippen LogP contribution < -0.4 is 0 Å². The van der Waals surface area contributed by atoms with E-state index in [1.807, 2.05) is 0 Å². The summed E-state index contributed by atoms with van der Waals surface area (Å²) in [5.41, 5.74) is 0.758. The van der Waals surface area contributed by atoms with Gasteiger partial charge >= 0.3 is 6.09 Å². The summed E-state index contributed by atoms with van der Waals surface area (Å²) in [7, 11) is 0. The maximum Gasteiger partial charge on any atom is 0.414 e. The highest BCUT2D eigenvalue weighted by molar-refractivity contribution is 5.94. The minimum atomic E-state index is -1.24. The van der Waals surface area contributed by atoms with Crippen LogP contribution in [0, 0.1) is 16.0 Å². The zero-order valence-electron chi connectivity index (χ0n) is 10.9. The van der Waals surface area contributed by atoms with E-state index in [4.69, 9.17) is 5.11 Å². The van der Waals surface area contributed by atoms with Crippen molar-refractivity contribution in [1.82, 2.24) is 4.90 Å². The van der Waals surface area contributed by atoms with Crippen LogP contribution in [0.25, 0.3) is 0 Å². The van der Waals surface area contributed by atoms with Crippen LogP contribution in [0.3, 0.4) is 0 Å². The van der Waals surface area contributed by atoms with Gasteiger partial charge in [-0.2, -0.15) is 0 Å². The molecule has 0 bridgehead atoms. The highest BCUT2D eigenvalue weighted by Gasteiger charge is 2.40. The number of carbonyl (C=O) groups excluding carboxylic acids is 1. The Hall–Kier alpha value is -2.44. The second kappa shape index (κ2) is 5.28. The fourth-order valence-corrected chi connectivity index (χ4v) is 2.48. The van der Waals surface area contributed by atoms with Crippen molar-refractivity contribution in [3.63, 3.8) is 0 Å². The lowest BCUT2D eigenvalue weighted by molar-refractivity contribution is -0.384. The number of nitro benzene ring substituents is 1. The molecule has 7 heteroatoms. The molecule has 0 spiro atoms. The van der Waals surface area contributed by atoms with Gasteiger partial charge in [-0.15, -0.1) is 0 Å². The largest absolute Gasteiger partial charge is 0.465 e. The van der Waals surface area contributed by atoms with Crippen LogP contribution in [-0.4, -0.2) is 33.0 Å². The second-order valence-corrected chi connectivity index (χ2v) is 4.91. The van der Waals surface area contributed by atoms with E-state index in [0.29, 0.717) is 12.8 Å². The predicted octanol–water partition coefficient (Wildman–Crippen LogP) is 2.05. The number of carbonyl (C=O) groups is 2. The minimum absolute atomic E-state index is 0.0142. The van der Waals surface area contributed by atoms with Crippen LogP contribution in [0.1, 0.15) is 18.9 Å². The first-order valence-electron chi connectivity index (χ1n) is 6.19. The third-order valence-electron chi connectivity index (χ3n) is 3.47. The van der Waals surface area contributed by atoms with Gasteiger partial charge in [-0.3, -0.25) is 14.9 Å². The molecular formula is C13H14N2O5. The average molecular weight is 278 g/mol. The van der Waals surface area contributed by atoms with Crippen LogP contribution in [0.4, 0.5) is 10.5 Å². The van der Waals surface area contributed by atoms with Crippen molar-refractivity contribution in [2.45, 2.75) is 25.8 Å². The number of nitrogens with zero attached hydrogens (tertiary/aromatic N) is 2. The number of hydrogen-bond donors (Lipinski definition) is 1. The molecule has 1 fully saturated rings. The maximum atomic E-state index is 11.7.